The fraction of sp³-hybridized carbons (Fsp3) is 0.435. The number of likely N-dealkylation sites (tertiary alicyclic amines) is 1. The molecule has 148 valence electrons. The highest BCUT2D eigenvalue weighted by Gasteiger charge is 2.42. The van der Waals surface area contributed by atoms with Gasteiger partial charge in [-0.25, -0.2) is 0 Å². The molecule has 0 spiro atoms. The van der Waals surface area contributed by atoms with Crippen molar-refractivity contribution >= 4 is 5.91 Å². The molecule has 2 N–H and O–H groups in total. The van der Waals surface area contributed by atoms with Gasteiger partial charge >= 0.3 is 0 Å². The number of fused-ring (bicyclic) bond motifs is 1. The van der Waals surface area contributed by atoms with Crippen molar-refractivity contribution in [2.24, 2.45) is 17.6 Å². The molecule has 4 rings (SSSR count). The van der Waals surface area contributed by atoms with Crippen molar-refractivity contribution in [1.29, 1.82) is 0 Å². The van der Waals surface area contributed by atoms with E-state index in [0.29, 0.717) is 49.0 Å². The first kappa shape index (κ1) is 19.0. The molecule has 0 radical (unpaired) electrons. The molecule has 1 saturated carbocycles. The van der Waals surface area contributed by atoms with Crippen LogP contribution in [0.3, 0.4) is 0 Å². The Labute approximate surface area is 166 Å². The largest absolute Gasteiger partial charge is 0.492 e. The number of hydrogen-bond acceptors (Lipinski definition) is 4. The third-order valence-electron chi connectivity index (χ3n) is 5.79. The lowest BCUT2D eigenvalue weighted by molar-refractivity contribution is 0.0367. The predicted molar refractivity (Wildman–Crippen MR) is 108 cm³/mol. The molecule has 1 amide bonds. The summed E-state index contributed by atoms with van der Waals surface area (Å²) in [5.41, 5.74) is 7.38. The highest BCUT2D eigenvalue weighted by Crippen LogP contribution is 2.40. The van der Waals surface area contributed by atoms with Crippen LogP contribution in [0.25, 0.3) is 0 Å². The van der Waals surface area contributed by atoms with Crippen LogP contribution in [0, 0.1) is 11.8 Å². The summed E-state index contributed by atoms with van der Waals surface area (Å²) in [5.74, 6) is 1.88. The van der Waals surface area contributed by atoms with E-state index in [1.165, 1.54) is 5.56 Å². The van der Waals surface area contributed by atoms with Crippen molar-refractivity contribution in [2.75, 3.05) is 26.2 Å². The zero-order valence-corrected chi connectivity index (χ0v) is 16.1. The Bertz CT molecular complexity index is 781. The molecule has 2 aromatic carbocycles. The predicted octanol–water partition coefficient (Wildman–Crippen LogP) is 3.09. The topological polar surface area (TPSA) is 64.8 Å². The fourth-order valence-corrected chi connectivity index (χ4v) is 4.41. The number of benzene rings is 2. The number of nitrogens with zero attached hydrogens (tertiary/aromatic N) is 1. The Kier molecular flexibility index (Phi) is 5.93. The van der Waals surface area contributed by atoms with E-state index in [-0.39, 0.29) is 5.91 Å². The van der Waals surface area contributed by atoms with E-state index in [1.807, 2.05) is 47.4 Å². The Morgan fingerprint density at radius 2 is 1.79 bits per heavy atom. The van der Waals surface area contributed by atoms with Gasteiger partial charge < -0.3 is 20.1 Å². The zero-order valence-electron chi connectivity index (χ0n) is 16.1. The van der Waals surface area contributed by atoms with Crippen LogP contribution in [0.1, 0.15) is 28.8 Å². The van der Waals surface area contributed by atoms with E-state index < -0.39 is 0 Å². The number of carbonyl (C=O) groups excluding carboxylic acids is 1. The molecule has 1 saturated heterocycles. The lowest BCUT2D eigenvalue weighted by Gasteiger charge is -2.20. The van der Waals surface area contributed by atoms with Crippen molar-refractivity contribution < 1.29 is 14.3 Å². The standard InChI is InChI=1S/C23H28N2O3/c24-9-10-27-21-8-4-7-18(11-21)23(26)25-14-19-12-22(13-20(19)15-25)28-16-17-5-2-1-3-6-17/h1-8,11,19-20,22H,9-10,12-16,24H2/t19-,20+,22?. The van der Waals surface area contributed by atoms with Crippen LogP contribution in [-0.4, -0.2) is 43.2 Å². The smallest absolute Gasteiger partial charge is 0.254 e. The molecule has 2 aliphatic rings. The van der Waals surface area contributed by atoms with Gasteiger partial charge in [0, 0.05) is 25.2 Å². The van der Waals surface area contributed by atoms with Gasteiger partial charge in [-0.2, -0.15) is 0 Å². The maximum Gasteiger partial charge on any atom is 0.254 e. The molecule has 2 aromatic rings. The van der Waals surface area contributed by atoms with Gasteiger partial charge in [0.05, 0.1) is 12.7 Å². The third kappa shape index (κ3) is 4.37. The Morgan fingerprint density at radius 1 is 1.04 bits per heavy atom. The zero-order chi connectivity index (χ0) is 19.3. The average molecular weight is 380 g/mol. The first-order valence-electron chi connectivity index (χ1n) is 10.1. The second-order valence-corrected chi connectivity index (χ2v) is 7.79. The molecule has 28 heavy (non-hydrogen) atoms. The van der Waals surface area contributed by atoms with Gasteiger partial charge in [0.25, 0.3) is 5.91 Å². The van der Waals surface area contributed by atoms with Gasteiger partial charge in [-0.3, -0.25) is 4.79 Å². The lowest BCUT2D eigenvalue weighted by Crippen LogP contribution is -2.30. The minimum absolute atomic E-state index is 0.0920. The molecule has 0 aromatic heterocycles. The summed E-state index contributed by atoms with van der Waals surface area (Å²) in [6.07, 6.45) is 2.39. The summed E-state index contributed by atoms with van der Waals surface area (Å²) in [6.45, 7) is 3.23. The molecule has 2 fully saturated rings. The van der Waals surface area contributed by atoms with Crippen molar-refractivity contribution in [3.05, 3.63) is 65.7 Å². The average Bonchev–Trinajstić information content (AvgIpc) is 3.30. The normalized spacial score (nSPS) is 23.6. The van der Waals surface area contributed by atoms with Crippen LogP contribution in [-0.2, 0) is 11.3 Å². The SMILES string of the molecule is NCCOc1cccc(C(=O)N2C[C@H]3CC(OCc4ccccc4)C[C@H]3C2)c1. The number of nitrogens with two attached hydrogens (primary N) is 1. The third-order valence-corrected chi connectivity index (χ3v) is 5.79. The van der Waals surface area contributed by atoms with Crippen LogP contribution in [0.15, 0.2) is 54.6 Å². The Hall–Kier alpha value is -2.37. The summed E-state index contributed by atoms with van der Waals surface area (Å²) in [7, 11) is 0. The number of carbonyl (C=O) groups is 1. The van der Waals surface area contributed by atoms with Gasteiger partial charge in [-0.15, -0.1) is 0 Å². The summed E-state index contributed by atoms with van der Waals surface area (Å²) in [5, 5.41) is 0. The second-order valence-electron chi connectivity index (χ2n) is 7.79. The maximum absolute atomic E-state index is 12.9. The number of rotatable bonds is 7. The van der Waals surface area contributed by atoms with E-state index in [9.17, 15) is 4.79 Å². The van der Waals surface area contributed by atoms with Crippen LogP contribution >= 0.6 is 0 Å². The number of hydrogen-bond donors (Lipinski definition) is 1. The van der Waals surface area contributed by atoms with Crippen molar-refractivity contribution in [3.63, 3.8) is 0 Å². The summed E-state index contributed by atoms with van der Waals surface area (Å²) >= 11 is 0. The summed E-state index contributed by atoms with van der Waals surface area (Å²) in [4.78, 5) is 14.9. The molecular formula is C23H28N2O3. The minimum atomic E-state index is 0.0920. The van der Waals surface area contributed by atoms with Gasteiger partial charge in [-0.1, -0.05) is 36.4 Å². The van der Waals surface area contributed by atoms with Crippen LogP contribution in [0.4, 0.5) is 0 Å². The molecule has 1 aliphatic carbocycles. The van der Waals surface area contributed by atoms with Crippen molar-refractivity contribution in [2.45, 2.75) is 25.6 Å². The van der Waals surface area contributed by atoms with E-state index in [2.05, 4.69) is 12.1 Å². The van der Waals surface area contributed by atoms with Gasteiger partial charge in [-0.05, 0) is 48.4 Å². The fourth-order valence-electron chi connectivity index (χ4n) is 4.41. The highest BCUT2D eigenvalue weighted by molar-refractivity contribution is 5.94. The quantitative estimate of drug-likeness (QED) is 0.802. The molecular weight excluding hydrogens is 352 g/mol. The second kappa shape index (κ2) is 8.76. The minimum Gasteiger partial charge on any atom is -0.492 e. The Balaban J connectivity index is 1.29. The highest BCUT2D eigenvalue weighted by atomic mass is 16.5. The van der Waals surface area contributed by atoms with Crippen LogP contribution < -0.4 is 10.5 Å². The summed E-state index contributed by atoms with van der Waals surface area (Å²) in [6, 6.07) is 17.7. The first-order chi connectivity index (χ1) is 13.7. The van der Waals surface area contributed by atoms with Gasteiger partial charge in [0.1, 0.15) is 12.4 Å². The van der Waals surface area contributed by atoms with Crippen molar-refractivity contribution in [1.82, 2.24) is 4.90 Å². The molecule has 5 heteroatoms. The molecule has 1 unspecified atom stereocenters. The summed E-state index contributed by atoms with van der Waals surface area (Å²) < 4.78 is 11.7. The first-order valence-corrected chi connectivity index (χ1v) is 10.1. The molecule has 0 bridgehead atoms. The van der Waals surface area contributed by atoms with E-state index >= 15 is 0 Å². The van der Waals surface area contributed by atoms with Crippen LogP contribution in [0.2, 0.25) is 0 Å². The monoisotopic (exact) mass is 380 g/mol. The number of amides is 1. The van der Waals surface area contributed by atoms with E-state index in [1.54, 1.807) is 0 Å². The lowest BCUT2D eigenvalue weighted by atomic mass is 10.0. The maximum atomic E-state index is 12.9. The molecule has 3 atom stereocenters. The Morgan fingerprint density at radius 3 is 2.50 bits per heavy atom. The van der Waals surface area contributed by atoms with Gasteiger partial charge in [0.15, 0.2) is 0 Å². The molecule has 5 nitrogen and oxygen atoms in total. The van der Waals surface area contributed by atoms with Gasteiger partial charge in [0.2, 0.25) is 0 Å². The van der Waals surface area contributed by atoms with Crippen LogP contribution in [0.5, 0.6) is 5.75 Å². The molecule has 1 heterocycles. The van der Waals surface area contributed by atoms with E-state index in [0.717, 1.165) is 25.9 Å². The number of ether oxygens (including phenoxy) is 2. The molecule has 1 aliphatic heterocycles. The van der Waals surface area contributed by atoms with E-state index in [4.69, 9.17) is 15.2 Å². The van der Waals surface area contributed by atoms with Crippen molar-refractivity contribution in [3.8, 4) is 5.75 Å².